The Kier molecular flexibility index (Phi) is 7.60. The number of nitrogens with zero attached hydrogens (tertiary/aromatic N) is 1. The number of aromatic amines is 1. The summed E-state index contributed by atoms with van der Waals surface area (Å²) in [5.74, 6) is 0. The summed E-state index contributed by atoms with van der Waals surface area (Å²) in [5, 5.41) is 5.11. The average Bonchev–Trinajstić information content (AvgIpc) is 2.59. The highest BCUT2D eigenvalue weighted by Gasteiger charge is 2.14. The van der Waals surface area contributed by atoms with Crippen molar-refractivity contribution in [1.82, 2.24) is 15.2 Å². The van der Waals surface area contributed by atoms with Crippen molar-refractivity contribution in [1.29, 1.82) is 0 Å². The number of benzene rings is 1. The molecule has 0 bridgehead atoms. The first-order valence-corrected chi connectivity index (χ1v) is 9.76. The van der Waals surface area contributed by atoms with Crippen molar-refractivity contribution < 1.29 is 4.90 Å². The largest absolute Gasteiger partial charge is 0.363 e. The summed E-state index contributed by atoms with van der Waals surface area (Å²) >= 11 is 5.59. The lowest BCUT2D eigenvalue weighted by Crippen LogP contribution is -3.06. The van der Waals surface area contributed by atoms with Crippen LogP contribution in [0.1, 0.15) is 30.9 Å². The molecule has 0 fully saturated rings. The number of hydrogen-bond donors (Lipinski definition) is 3. The van der Waals surface area contributed by atoms with Crippen LogP contribution >= 0.6 is 12.2 Å². The molecule has 2 aromatic rings. The minimum atomic E-state index is -0.0367. The Hall–Kier alpha value is -1.92. The number of rotatable bonds is 8. The number of para-hydroxylation sites is 1. The van der Waals surface area contributed by atoms with Gasteiger partial charge >= 0.3 is 0 Å². The second kappa shape index (κ2) is 9.69. The van der Waals surface area contributed by atoms with Crippen molar-refractivity contribution in [2.75, 3.05) is 33.7 Å². The second-order valence-electron chi connectivity index (χ2n) is 7.13. The first-order valence-electron chi connectivity index (χ1n) is 9.35. The molecule has 142 valence electrons. The number of nitrogens with one attached hydrogen (secondary N) is 3. The van der Waals surface area contributed by atoms with Crippen LogP contribution in [0.2, 0.25) is 0 Å². The van der Waals surface area contributed by atoms with Crippen molar-refractivity contribution in [2.45, 2.75) is 33.2 Å². The number of unbranched alkanes of at least 4 members (excludes halogenated alkanes) is 1. The van der Waals surface area contributed by atoms with E-state index in [2.05, 4.69) is 36.2 Å². The molecule has 0 atom stereocenters. The zero-order valence-corrected chi connectivity index (χ0v) is 17.1. The van der Waals surface area contributed by atoms with Gasteiger partial charge in [0.25, 0.3) is 5.56 Å². The minimum absolute atomic E-state index is 0.0367. The van der Waals surface area contributed by atoms with Crippen LogP contribution in [-0.4, -0.2) is 48.7 Å². The number of likely N-dealkylation sites (N-methyl/N-ethyl adjacent to an activating group) is 1. The summed E-state index contributed by atoms with van der Waals surface area (Å²) in [5.41, 5.74) is 2.70. The Labute approximate surface area is 161 Å². The Morgan fingerprint density at radius 3 is 2.81 bits per heavy atom. The van der Waals surface area contributed by atoms with Gasteiger partial charge in [0.15, 0.2) is 5.11 Å². The van der Waals surface area contributed by atoms with Crippen LogP contribution in [0.15, 0.2) is 29.1 Å². The standard InChI is InChI=1S/C20H30N4OS/c1-5-6-10-21-20(26)24(12-11-23(3)4)14-17-13-16-9-7-8-15(2)18(16)22-19(17)25/h7-9,13H,5-6,10-12,14H2,1-4H3,(H,21,26)(H,22,25)/p+1. The number of pyridine rings is 1. The van der Waals surface area contributed by atoms with Gasteiger partial charge in [-0.15, -0.1) is 0 Å². The second-order valence-corrected chi connectivity index (χ2v) is 7.51. The van der Waals surface area contributed by atoms with Gasteiger partial charge in [0.2, 0.25) is 0 Å². The van der Waals surface area contributed by atoms with E-state index in [4.69, 9.17) is 12.2 Å². The number of thiocarbonyl (C=S) groups is 1. The maximum atomic E-state index is 12.6. The van der Waals surface area contributed by atoms with E-state index in [-0.39, 0.29) is 5.56 Å². The number of quaternary nitrogens is 1. The molecule has 1 aromatic heterocycles. The summed E-state index contributed by atoms with van der Waals surface area (Å²) in [6, 6.07) is 8.06. The van der Waals surface area contributed by atoms with Crippen molar-refractivity contribution in [2.24, 2.45) is 0 Å². The van der Waals surface area contributed by atoms with E-state index in [1.165, 1.54) is 4.90 Å². The predicted octanol–water partition coefficient (Wildman–Crippen LogP) is 1.46. The zero-order valence-electron chi connectivity index (χ0n) is 16.3. The fourth-order valence-corrected chi connectivity index (χ4v) is 3.10. The first kappa shape index (κ1) is 20.4. The molecule has 6 heteroatoms. The van der Waals surface area contributed by atoms with Crippen LogP contribution in [-0.2, 0) is 6.54 Å². The monoisotopic (exact) mass is 375 g/mol. The molecular weight excluding hydrogens is 344 g/mol. The van der Waals surface area contributed by atoms with E-state index in [0.29, 0.717) is 6.54 Å². The molecule has 0 saturated heterocycles. The molecule has 0 spiro atoms. The molecule has 1 heterocycles. The molecule has 0 aliphatic carbocycles. The van der Waals surface area contributed by atoms with Gasteiger partial charge in [0.05, 0.1) is 39.2 Å². The molecule has 0 unspecified atom stereocenters. The summed E-state index contributed by atoms with van der Waals surface area (Å²) < 4.78 is 0. The quantitative estimate of drug-likeness (QED) is 0.483. The van der Waals surface area contributed by atoms with E-state index in [0.717, 1.165) is 59.6 Å². The molecule has 0 aliphatic heterocycles. The normalized spacial score (nSPS) is 11.1. The Balaban J connectivity index is 2.23. The lowest BCUT2D eigenvalue weighted by molar-refractivity contribution is -0.857. The molecular formula is C20H31N4OS+. The van der Waals surface area contributed by atoms with Gasteiger partial charge in [-0.2, -0.15) is 0 Å². The van der Waals surface area contributed by atoms with Gasteiger partial charge in [-0.25, -0.2) is 0 Å². The van der Waals surface area contributed by atoms with Crippen LogP contribution in [0.3, 0.4) is 0 Å². The van der Waals surface area contributed by atoms with Crippen LogP contribution in [0.5, 0.6) is 0 Å². The van der Waals surface area contributed by atoms with Crippen molar-refractivity contribution in [3.63, 3.8) is 0 Å². The SMILES string of the molecule is CCCCNC(=S)N(CC[NH+](C)C)Cc1cc2cccc(C)c2[nH]c1=O. The zero-order chi connectivity index (χ0) is 19.1. The van der Waals surface area contributed by atoms with E-state index in [9.17, 15) is 4.79 Å². The molecule has 5 nitrogen and oxygen atoms in total. The Morgan fingerprint density at radius 1 is 1.35 bits per heavy atom. The third kappa shape index (κ3) is 5.54. The van der Waals surface area contributed by atoms with E-state index in [1.54, 1.807) is 0 Å². The number of H-pyrrole nitrogens is 1. The lowest BCUT2D eigenvalue weighted by atomic mass is 10.1. The number of aryl methyl sites for hydroxylation is 1. The molecule has 3 N–H and O–H groups in total. The van der Waals surface area contributed by atoms with E-state index >= 15 is 0 Å². The van der Waals surface area contributed by atoms with Crippen LogP contribution in [0, 0.1) is 6.92 Å². The molecule has 1 aromatic carbocycles. The third-order valence-electron chi connectivity index (χ3n) is 4.50. The summed E-state index contributed by atoms with van der Waals surface area (Å²) in [6.45, 7) is 7.33. The van der Waals surface area contributed by atoms with Crippen LogP contribution < -0.4 is 15.8 Å². The topological polar surface area (TPSA) is 52.6 Å². The highest BCUT2D eigenvalue weighted by Crippen LogP contribution is 2.15. The van der Waals surface area contributed by atoms with Gasteiger partial charge in [-0.1, -0.05) is 31.5 Å². The molecule has 0 amide bonds. The highest BCUT2D eigenvalue weighted by atomic mass is 32.1. The van der Waals surface area contributed by atoms with Crippen molar-refractivity contribution in [3.05, 3.63) is 45.7 Å². The third-order valence-corrected chi connectivity index (χ3v) is 4.90. The first-order chi connectivity index (χ1) is 12.4. The fourth-order valence-electron chi connectivity index (χ4n) is 2.85. The predicted molar refractivity (Wildman–Crippen MR) is 113 cm³/mol. The molecule has 26 heavy (non-hydrogen) atoms. The number of hydrogen-bond acceptors (Lipinski definition) is 2. The van der Waals surface area contributed by atoms with E-state index in [1.807, 2.05) is 31.2 Å². The van der Waals surface area contributed by atoms with Gasteiger partial charge in [0.1, 0.15) is 0 Å². The van der Waals surface area contributed by atoms with Crippen molar-refractivity contribution >= 4 is 28.2 Å². The van der Waals surface area contributed by atoms with Gasteiger partial charge < -0.3 is 20.1 Å². The van der Waals surface area contributed by atoms with Gasteiger partial charge in [-0.05, 0) is 42.6 Å². The van der Waals surface area contributed by atoms with Crippen molar-refractivity contribution in [3.8, 4) is 0 Å². The maximum Gasteiger partial charge on any atom is 0.253 e. The Bertz CT molecular complexity index is 800. The average molecular weight is 376 g/mol. The Morgan fingerprint density at radius 2 is 2.12 bits per heavy atom. The smallest absolute Gasteiger partial charge is 0.253 e. The molecule has 0 saturated carbocycles. The summed E-state index contributed by atoms with van der Waals surface area (Å²) in [6.07, 6.45) is 2.21. The maximum absolute atomic E-state index is 12.6. The minimum Gasteiger partial charge on any atom is -0.363 e. The van der Waals surface area contributed by atoms with Gasteiger partial charge in [0, 0.05) is 12.1 Å². The van der Waals surface area contributed by atoms with E-state index < -0.39 is 0 Å². The fraction of sp³-hybridized carbons (Fsp3) is 0.500. The summed E-state index contributed by atoms with van der Waals surface area (Å²) in [4.78, 5) is 19.1. The number of aromatic nitrogens is 1. The summed E-state index contributed by atoms with van der Waals surface area (Å²) in [7, 11) is 4.24. The number of fused-ring (bicyclic) bond motifs is 1. The molecule has 0 aliphatic rings. The van der Waals surface area contributed by atoms with Crippen LogP contribution in [0.4, 0.5) is 0 Å². The lowest BCUT2D eigenvalue weighted by Gasteiger charge is -2.26. The van der Waals surface area contributed by atoms with Crippen LogP contribution in [0.25, 0.3) is 10.9 Å². The highest BCUT2D eigenvalue weighted by molar-refractivity contribution is 7.80. The van der Waals surface area contributed by atoms with Gasteiger partial charge in [-0.3, -0.25) is 4.79 Å². The molecule has 0 radical (unpaired) electrons. The molecule has 2 rings (SSSR count).